The molecule has 146 valence electrons. The van der Waals surface area contributed by atoms with Gasteiger partial charge in [-0.05, 0) is 19.1 Å². The largest absolute Gasteiger partial charge is 0.493 e. The second kappa shape index (κ2) is 8.79. The molecule has 28 heavy (non-hydrogen) atoms. The number of anilines is 1. The van der Waals surface area contributed by atoms with Crippen LogP contribution in [0.3, 0.4) is 0 Å². The summed E-state index contributed by atoms with van der Waals surface area (Å²) in [5, 5.41) is 12.0. The number of carbonyl (C=O) groups excluding carboxylic acids is 1. The fraction of sp³-hybridized carbons (Fsp3) is 0.250. The van der Waals surface area contributed by atoms with E-state index in [1.807, 2.05) is 42.8 Å². The maximum absolute atomic E-state index is 12.3. The van der Waals surface area contributed by atoms with Crippen LogP contribution in [0.5, 0.6) is 11.5 Å². The van der Waals surface area contributed by atoms with E-state index < -0.39 is 0 Å². The number of rotatable bonds is 7. The van der Waals surface area contributed by atoms with Gasteiger partial charge in [-0.1, -0.05) is 41.6 Å². The molecule has 0 atom stereocenters. The van der Waals surface area contributed by atoms with Crippen molar-refractivity contribution in [3.63, 3.8) is 0 Å². The van der Waals surface area contributed by atoms with Crippen LogP contribution >= 0.6 is 11.8 Å². The monoisotopic (exact) mass is 398 g/mol. The van der Waals surface area contributed by atoms with Crippen molar-refractivity contribution in [2.75, 3.05) is 25.3 Å². The minimum Gasteiger partial charge on any atom is -0.493 e. The van der Waals surface area contributed by atoms with Crippen LogP contribution in [0.1, 0.15) is 5.56 Å². The van der Waals surface area contributed by atoms with E-state index in [1.54, 1.807) is 32.4 Å². The van der Waals surface area contributed by atoms with Crippen molar-refractivity contribution in [1.29, 1.82) is 0 Å². The molecular weight excluding hydrogens is 376 g/mol. The highest BCUT2D eigenvalue weighted by molar-refractivity contribution is 7.99. The zero-order chi connectivity index (χ0) is 20.1. The first-order valence-electron chi connectivity index (χ1n) is 8.63. The minimum absolute atomic E-state index is 0.142. The van der Waals surface area contributed by atoms with Crippen LogP contribution in [-0.4, -0.2) is 40.6 Å². The lowest BCUT2D eigenvalue weighted by molar-refractivity contribution is -0.113. The van der Waals surface area contributed by atoms with Gasteiger partial charge in [0.25, 0.3) is 0 Å². The topological polar surface area (TPSA) is 78.3 Å². The molecule has 0 aliphatic carbocycles. The molecule has 0 aliphatic rings. The van der Waals surface area contributed by atoms with Gasteiger partial charge in [-0.25, -0.2) is 0 Å². The summed E-state index contributed by atoms with van der Waals surface area (Å²) in [7, 11) is 5.02. The number of nitrogens with zero attached hydrogens (tertiary/aromatic N) is 3. The predicted octanol–water partition coefficient (Wildman–Crippen LogP) is 3.54. The molecule has 1 amide bonds. The van der Waals surface area contributed by atoms with Gasteiger partial charge >= 0.3 is 0 Å². The van der Waals surface area contributed by atoms with E-state index in [0.29, 0.717) is 22.3 Å². The standard InChI is InChI=1S/C20H22N4O3S/c1-13-5-7-14(8-6-13)19-22-23-20(24(19)2)28-12-18(25)21-15-9-10-16(26-3)17(11-15)27-4/h5-11H,12H2,1-4H3,(H,21,25). The molecular formula is C20H22N4O3S. The van der Waals surface area contributed by atoms with Crippen molar-refractivity contribution in [2.45, 2.75) is 12.1 Å². The fourth-order valence-electron chi connectivity index (χ4n) is 2.64. The molecule has 0 spiro atoms. The van der Waals surface area contributed by atoms with Crippen molar-refractivity contribution in [2.24, 2.45) is 7.05 Å². The Balaban J connectivity index is 1.63. The Hall–Kier alpha value is -3.00. The van der Waals surface area contributed by atoms with Crippen molar-refractivity contribution < 1.29 is 14.3 Å². The third-order valence-electron chi connectivity index (χ3n) is 4.14. The molecule has 3 rings (SSSR count). The molecule has 2 aromatic carbocycles. The van der Waals surface area contributed by atoms with Crippen LogP contribution in [0.25, 0.3) is 11.4 Å². The van der Waals surface area contributed by atoms with Crippen molar-refractivity contribution >= 4 is 23.4 Å². The quantitative estimate of drug-likeness (QED) is 0.614. The zero-order valence-electron chi connectivity index (χ0n) is 16.2. The van der Waals surface area contributed by atoms with Gasteiger partial charge in [0, 0.05) is 24.4 Å². The Morgan fingerprint density at radius 2 is 1.79 bits per heavy atom. The third-order valence-corrected chi connectivity index (χ3v) is 5.16. The number of thioether (sulfide) groups is 1. The predicted molar refractivity (Wildman–Crippen MR) is 110 cm³/mol. The van der Waals surface area contributed by atoms with Gasteiger partial charge in [0.15, 0.2) is 22.5 Å². The van der Waals surface area contributed by atoms with E-state index in [0.717, 1.165) is 11.4 Å². The van der Waals surface area contributed by atoms with Crippen LogP contribution in [0, 0.1) is 6.92 Å². The minimum atomic E-state index is -0.142. The summed E-state index contributed by atoms with van der Waals surface area (Å²) in [4.78, 5) is 12.3. The number of ether oxygens (including phenoxy) is 2. The SMILES string of the molecule is COc1ccc(NC(=O)CSc2nnc(-c3ccc(C)cc3)n2C)cc1OC. The Morgan fingerprint density at radius 3 is 2.46 bits per heavy atom. The van der Waals surface area contributed by atoms with Gasteiger partial charge in [0.2, 0.25) is 5.91 Å². The van der Waals surface area contributed by atoms with Gasteiger partial charge in [0.05, 0.1) is 20.0 Å². The molecule has 8 heteroatoms. The molecule has 0 radical (unpaired) electrons. The first-order valence-corrected chi connectivity index (χ1v) is 9.61. The first-order chi connectivity index (χ1) is 13.5. The number of benzene rings is 2. The number of amides is 1. The average molecular weight is 398 g/mol. The molecule has 0 saturated carbocycles. The summed E-state index contributed by atoms with van der Waals surface area (Å²) in [5.74, 6) is 2.01. The number of aryl methyl sites for hydroxylation is 1. The second-order valence-electron chi connectivity index (χ2n) is 6.14. The van der Waals surface area contributed by atoms with Crippen molar-refractivity contribution in [3.05, 3.63) is 48.0 Å². The smallest absolute Gasteiger partial charge is 0.234 e. The number of nitrogens with one attached hydrogen (secondary N) is 1. The maximum atomic E-state index is 12.3. The number of hydrogen-bond donors (Lipinski definition) is 1. The molecule has 0 fully saturated rings. The van der Waals surface area contributed by atoms with E-state index in [-0.39, 0.29) is 11.7 Å². The lowest BCUT2D eigenvalue weighted by Gasteiger charge is -2.10. The van der Waals surface area contributed by atoms with Crippen LogP contribution in [-0.2, 0) is 11.8 Å². The normalized spacial score (nSPS) is 10.6. The van der Waals surface area contributed by atoms with E-state index in [2.05, 4.69) is 15.5 Å². The highest BCUT2D eigenvalue weighted by atomic mass is 32.2. The Labute approximate surface area is 168 Å². The molecule has 7 nitrogen and oxygen atoms in total. The van der Waals surface area contributed by atoms with Crippen LogP contribution in [0.2, 0.25) is 0 Å². The molecule has 0 saturated heterocycles. The highest BCUT2D eigenvalue weighted by Gasteiger charge is 2.13. The Morgan fingerprint density at radius 1 is 1.07 bits per heavy atom. The van der Waals surface area contributed by atoms with Gasteiger partial charge in [-0.3, -0.25) is 4.79 Å². The molecule has 0 unspecified atom stereocenters. The second-order valence-corrected chi connectivity index (χ2v) is 7.08. The van der Waals surface area contributed by atoms with E-state index in [1.165, 1.54) is 17.3 Å². The first kappa shape index (κ1) is 19.8. The van der Waals surface area contributed by atoms with Gasteiger partial charge in [0.1, 0.15) is 0 Å². The van der Waals surface area contributed by atoms with Gasteiger partial charge in [-0.2, -0.15) is 0 Å². The van der Waals surface area contributed by atoms with E-state index >= 15 is 0 Å². The van der Waals surface area contributed by atoms with Gasteiger partial charge in [-0.15, -0.1) is 10.2 Å². The van der Waals surface area contributed by atoms with Crippen molar-refractivity contribution in [1.82, 2.24) is 14.8 Å². The van der Waals surface area contributed by atoms with Crippen LogP contribution in [0.4, 0.5) is 5.69 Å². The number of carbonyl (C=O) groups is 1. The Bertz CT molecular complexity index is 970. The summed E-state index contributed by atoms with van der Waals surface area (Å²) < 4.78 is 12.3. The summed E-state index contributed by atoms with van der Waals surface area (Å²) in [6, 6.07) is 13.3. The lowest BCUT2D eigenvalue weighted by Crippen LogP contribution is -2.14. The molecule has 0 bridgehead atoms. The summed E-state index contributed by atoms with van der Waals surface area (Å²) in [6.45, 7) is 2.04. The zero-order valence-corrected chi connectivity index (χ0v) is 17.0. The molecule has 0 aliphatic heterocycles. The number of methoxy groups -OCH3 is 2. The highest BCUT2D eigenvalue weighted by Crippen LogP contribution is 2.30. The number of hydrogen-bond acceptors (Lipinski definition) is 6. The molecule has 3 aromatic rings. The Kier molecular flexibility index (Phi) is 6.20. The average Bonchev–Trinajstić information content (AvgIpc) is 3.07. The fourth-order valence-corrected chi connectivity index (χ4v) is 3.35. The summed E-state index contributed by atoms with van der Waals surface area (Å²) >= 11 is 1.33. The van der Waals surface area contributed by atoms with Crippen LogP contribution in [0.15, 0.2) is 47.6 Å². The van der Waals surface area contributed by atoms with Gasteiger partial charge < -0.3 is 19.4 Å². The molecule has 1 aromatic heterocycles. The molecule has 1 N–H and O–H groups in total. The summed E-state index contributed by atoms with van der Waals surface area (Å²) in [6.07, 6.45) is 0. The lowest BCUT2D eigenvalue weighted by atomic mass is 10.1. The van der Waals surface area contributed by atoms with Crippen molar-refractivity contribution in [3.8, 4) is 22.9 Å². The number of aromatic nitrogens is 3. The maximum Gasteiger partial charge on any atom is 0.234 e. The van der Waals surface area contributed by atoms with E-state index in [4.69, 9.17) is 9.47 Å². The van der Waals surface area contributed by atoms with Crippen LogP contribution < -0.4 is 14.8 Å². The molecule has 1 heterocycles. The summed E-state index contributed by atoms with van der Waals surface area (Å²) in [5.41, 5.74) is 2.82. The third kappa shape index (κ3) is 4.45. The van der Waals surface area contributed by atoms with E-state index in [9.17, 15) is 4.79 Å².